The van der Waals surface area contributed by atoms with E-state index in [1.54, 1.807) is 30.9 Å². The lowest BCUT2D eigenvalue weighted by molar-refractivity contribution is 0.354. The predicted octanol–water partition coefficient (Wildman–Crippen LogP) is 3.63. The van der Waals surface area contributed by atoms with Crippen LogP contribution in [-0.2, 0) is 20.0 Å². The van der Waals surface area contributed by atoms with Crippen LogP contribution in [0.15, 0.2) is 52.1 Å². The molecule has 4 rings (SSSR count). The zero-order valence-electron chi connectivity index (χ0n) is 19.0. The van der Waals surface area contributed by atoms with E-state index in [2.05, 4.69) is 0 Å². The fraction of sp³-hybridized carbons (Fsp3) is 0.320. The first-order valence-electron chi connectivity index (χ1n) is 10.6. The molecule has 0 bridgehead atoms. The normalized spacial score (nSPS) is 11.4. The van der Waals surface area contributed by atoms with Crippen LogP contribution in [0.25, 0.3) is 21.9 Å². The molecule has 2 heterocycles. The fourth-order valence-corrected chi connectivity index (χ4v) is 4.14. The van der Waals surface area contributed by atoms with Crippen molar-refractivity contribution < 1.29 is 9.47 Å². The third kappa shape index (κ3) is 3.53. The summed E-state index contributed by atoms with van der Waals surface area (Å²) in [4.78, 5) is 31.6. The molecule has 0 saturated heterocycles. The van der Waals surface area contributed by atoms with Gasteiger partial charge >= 0.3 is 0 Å². The Hall–Kier alpha value is -3.61. The quantitative estimate of drug-likeness (QED) is 0.434. The van der Waals surface area contributed by atoms with Crippen molar-refractivity contribution >= 4 is 21.9 Å². The van der Waals surface area contributed by atoms with E-state index in [-0.39, 0.29) is 22.3 Å². The Morgan fingerprint density at radius 2 is 1.72 bits per heavy atom. The Kier molecular flexibility index (Phi) is 5.74. The van der Waals surface area contributed by atoms with E-state index >= 15 is 0 Å². The van der Waals surface area contributed by atoms with Gasteiger partial charge in [0.1, 0.15) is 11.2 Å². The third-order valence-electron chi connectivity index (χ3n) is 5.82. The molecule has 0 saturated carbocycles. The van der Waals surface area contributed by atoms with Gasteiger partial charge in [-0.3, -0.25) is 14.2 Å². The maximum atomic E-state index is 13.6. The maximum Gasteiger partial charge on any atom is 0.267 e. The molecule has 2 aromatic carbocycles. The molecule has 0 aliphatic carbocycles. The average Bonchev–Trinajstić information content (AvgIpc) is 2.80. The molecule has 0 radical (unpaired) electrons. The number of ether oxygens (including phenoxy) is 2. The number of nitrogens with zero attached hydrogens (tertiary/aromatic N) is 3. The highest BCUT2D eigenvalue weighted by Gasteiger charge is 2.19. The lowest BCUT2D eigenvalue weighted by Gasteiger charge is -2.18. The minimum Gasteiger partial charge on any atom is -0.493 e. The van der Waals surface area contributed by atoms with E-state index in [9.17, 15) is 9.59 Å². The molecule has 0 fully saturated rings. The molecule has 0 spiro atoms. The highest BCUT2D eigenvalue weighted by atomic mass is 16.5. The highest BCUT2D eigenvalue weighted by Crippen LogP contribution is 2.28. The number of benzene rings is 2. The van der Waals surface area contributed by atoms with Crippen molar-refractivity contribution in [3.05, 3.63) is 74.4 Å². The van der Waals surface area contributed by atoms with Gasteiger partial charge < -0.3 is 14.0 Å². The monoisotopic (exact) mass is 433 g/mol. The van der Waals surface area contributed by atoms with Crippen molar-refractivity contribution in [2.45, 2.75) is 32.7 Å². The van der Waals surface area contributed by atoms with Crippen molar-refractivity contribution in [1.29, 1.82) is 0 Å². The van der Waals surface area contributed by atoms with Crippen LogP contribution in [0.5, 0.6) is 11.5 Å². The molecule has 32 heavy (non-hydrogen) atoms. The number of hydrogen-bond acceptors (Lipinski definition) is 5. The van der Waals surface area contributed by atoms with Gasteiger partial charge in [-0.25, -0.2) is 4.98 Å². The molecular formula is C25H27N3O4. The molecule has 7 heteroatoms. The van der Waals surface area contributed by atoms with Crippen molar-refractivity contribution in [2.24, 2.45) is 7.05 Å². The van der Waals surface area contributed by atoms with Gasteiger partial charge in [-0.15, -0.1) is 0 Å². The lowest BCUT2D eigenvalue weighted by atomic mass is 10.1. The van der Waals surface area contributed by atoms with Crippen molar-refractivity contribution in [3.63, 3.8) is 0 Å². The Labute approximate surface area is 185 Å². The second-order valence-electron chi connectivity index (χ2n) is 8.12. The Bertz CT molecular complexity index is 1430. The summed E-state index contributed by atoms with van der Waals surface area (Å²) in [5.41, 5.74) is 1.60. The summed E-state index contributed by atoms with van der Waals surface area (Å²) in [6.45, 7) is 4.40. The third-order valence-corrected chi connectivity index (χ3v) is 5.82. The molecule has 0 N–H and O–H groups in total. The SMILES string of the molecule is COc1ccc(CCn2c(C(C)C)nc3c(c(=O)c4ccccc4n3C)c2=O)cc1OC. The number of fused-ring (bicyclic) bond motifs is 2. The topological polar surface area (TPSA) is 75.4 Å². The van der Waals surface area contributed by atoms with Gasteiger partial charge in [-0.2, -0.15) is 0 Å². The van der Waals surface area contributed by atoms with Crippen LogP contribution >= 0.6 is 0 Å². The summed E-state index contributed by atoms with van der Waals surface area (Å²) < 4.78 is 14.2. The van der Waals surface area contributed by atoms with Crippen LogP contribution in [0.2, 0.25) is 0 Å². The summed E-state index contributed by atoms with van der Waals surface area (Å²) in [6, 6.07) is 13.0. The molecule has 2 aromatic heterocycles. The Morgan fingerprint density at radius 1 is 1.00 bits per heavy atom. The number of rotatable bonds is 6. The first-order chi connectivity index (χ1) is 15.4. The van der Waals surface area contributed by atoms with Gasteiger partial charge in [0, 0.05) is 24.9 Å². The number of hydrogen-bond donors (Lipinski definition) is 0. The van der Waals surface area contributed by atoms with Crippen LogP contribution in [0, 0.1) is 0 Å². The first-order valence-corrected chi connectivity index (χ1v) is 10.6. The summed E-state index contributed by atoms with van der Waals surface area (Å²) in [7, 11) is 5.03. The number of aromatic nitrogens is 3. The largest absolute Gasteiger partial charge is 0.493 e. The smallest absolute Gasteiger partial charge is 0.267 e. The molecule has 0 unspecified atom stereocenters. The molecule has 166 valence electrons. The zero-order chi connectivity index (χ0) is 23.0. The Morgan fingerprint density at radius 3 is 2.41 bits per heavy atom. The van der Waals surface area contributed by atoms with E-state index in [4.69, 9.17) is 14.5 Å². The second-order valence-corrected chi connectivity index (χ2v) is 8.12. The summed E-state index contributed by atoms with van der Waals surface area (Å²) >= 11 is 0. The van der Waals surface area contributed by atoms with Crippen molar-refractivity contribution in [3.8, 4) is 11.5 Å². The lowest BCUT2D eigenvalue weighted by Crippen LogP contribution is -2.31. The first kappa shape index (κ1) is 21.6. The average molecular weight is 434 g/mol. The number of pyridine rings is 1. The van der Waals surface area contributed by atoms with Crippen LogP contribution in [0.4, 0.5) is 0 Å². The summed E-state index contributed by atoms with van der Waals surface area (Å²) in [5.74, 6) is 1.96. The number of methoxy groups -OCH3 is 2. The molecule has 0 amide bonds. The molecule has 7 nitrogen and oxygen atoms in total. The van der Waals surface area contributed by atoms with E-state index < -0.39 is 0 Å². The van der Waals surface area contributed by atoms with E-state index in [0.29, 0.717) is 41.3 Å². The van der Waals surface area contributed by atoms with Crippen molar-refractivity contribution in [1.82, 2.24) is 14.1 Å². The fourth-order valence-electron chi connectivity index (χ4n) is 4.14. The minimum absolute atomic E-state index is 0.0130. The van der Waals surface area contributed by atoms with Gasteiger partial charge in [-0.05, 0) is 36.2 Å². The van der Waals surface area contributed by atoms with Crippen LogP contribution < -0.4 is 20.5 Å². The predicted molar refractivity (Wildman–Crippen MR) is 126 cm³/mol. The van der Waals surface area contributed by atoms with Crippen LogP contribution in [0.1, 0.15) is 31.2 Å². The van der Waals surface area contributed by atoms with E-state index in [1.807, 2.05) is 55.8 Å². The minimum atomic E-state index is -0.300. The number of aryl methyl sites for hydroxylation is 2. The van der Waals surface area contributed by atoms with Crippen molar-refractivity contribution in [2.75, 3.05) is 14.2 Å². The second kappa shape index (κ2) is 8.49. The van der Waals surface area contributed by atoms with Crippen LogP contribution in [-0.4, -0.2) is 28.3 Å². The van der Waals surface area contributed by atoms with Gasteiger partial charge in [0.15, 0.2) is 17.1 Å². The maximum absolute atomic E-state index is 13.6. The summed E-state index contributed by atoms with van der Waals surface area (Å²) in [6.07, 6.45) is 0.584. The summed E-state index contributed by atoms with van der Waals surface area (Å²) in [5, 5.41) is 0.646. The Balaban J connectivity index is 1.87. The van der Waals surface area contributed by atoms with Crippen LogP contribution in [0.3, 0.4) is 0 Å². The van der Waals surface area contributed by atoms with Gasteiger partial charge in [0.25, 0.3) is 5.56 Å². The van der Waals surface area contributed by atoms with Gasteiger partial charge in [0.2, 0.25) is 5.43 Å². The highest BCUT2D eigenvalue weighted by molar-refractivity contribution is 5.91. The zero-order valence-corrected chi connectivity index (χ0v) is 19.0. The standard InChI is InChI=1S/C25H27N3O4/c1-15(2)23-26-24-21(22(29)17-8-6-7-9-18(17)27(24)3)25(30)28(23)13-12-16-10-11-19(31-4)20(14-16)32-5/h6-11,14-15H,12-13H2,1-5H3. The molecule has 0 atom stereocenters. The molecule has 0 aliphatic heterocycles. The van der Waals surface area contributed by atoms with Gasteiger partial charge in [0.05, 0.1) is 19.7 Å². The molecular weight excluding hydrogens is 406 g/mol. The van der Waals surface area contributed by atoms with Gasteiger partial charge in [-0.1, -0.05) is 32.0 Å². The number of para-hydroxylation sites is 1. The van der Waals surface area contributed by atoms with E-state index in [0.717, 1.165) is 11.1 Å². The van der Waals surface area contributed by atoms with E-state index in [1.165, 1.54) is 0 Å². The molecule has 0 aliphatic rings. The molecule has 4 aromatic rings.